The number of carbonyl (C=O) groups excluding carboxylic acids is 2. The van der Waals surface area contributed by atoms with E-state index in [0.29, 0.717) is 17.1 Å². The van der Waals surface area contributed by atoms with Crippen LogP contribution in [0.3, 0.4) is 0 Å². The molecule has 1 aliphatic carbocycles. The van der Waals surface area contributed by atoms with Crippen LogP contribution >= 0.6 is 11.3 Å². The Balaban J connectivity index is 1.81. The highest BCUT2D eigenvalue weighted by molar-refractivity contribution is 7.17. The van der Waals surface area contributed by atoms with Gasteiger partial charge in [0.2, 0.25) is 5.91 Å². The molecule has 2 heterocycles. The minimum atomic E-state index is -0.341. The molecule has 1 unspecified atom stereocenters. The second-order valence-electron chi connectivity index (χ2n) is 5.59. The smallest absolute Gasteiger partial charge is 0.341 e. The Morgan fingerprint density at radius 2 is 2.19 bits per heavy atom. The predicted molar refractivity (Wildman–Crippen MR) is 81.9 cm³/mol. The Kier molecular flexibility index (Phi) is 4.26. The van der Waals surface area contributed by atoms with Gasteiger partial charge in [-0.1, -0.05) is 0 Å². The molecule has 0 spiro atoms. The van der Waals surface area contributed by atoms with E-state index in [2.05, 4.69) is 10.6 Å². The molecule has 0 radical (unpaired) electrons. The lowest BCUT2D eigenvalue weighted by molar-refractivity contribution is -0.120. The van der Waals surface area contributed by atoms with E-state index in [0.717, 1.165) is 44.2 Å². The third-order valence-corrected chi connectivity index (χ3v) is 5.42. The highest BCUT2D eigenvalue weighted by Crippen LogP contribution is 2.39. The van der Waals surface area contributed by atoms with E-state index >= 15 is 0 Å². The van der Waals surface area contributed by atoms with Crippen LogP contribution in [0.2, 0.25) is 0 Å². The third kappa shape index (κ3) is 2.82. The Morgan fingerprint density at radius 1 is 1.33 bits per heavy atom. The summed E-state index contributed by atoms with van der Waals surface area (Å²) in [6.07, 6.45) is 4.88. The average molecular weight is 308 g/mol. The Bertz CT molecular complexity index is 562. The van der Waals surface area contributed by atoms with E-state index in [-0.39, 0.29) is 17.8 Å². The highest BCUT2D eigenvalue weighted by atomic mass is 32.1. The molecule has 1 saturated heterocycles. The first-order chi connectivity index (χ1) is 10.2. The molecule has 0 bridgehead atoms. The fraction of sp³-hybridized carbons (Fsp3) is 0.600. The van der Waals surface area contributed by atoms with E-state index in [1.54, 1.807) is 0 Å². The third-order valence-electron chi connectivity index (χ3n) is 4.22. The number of methoxy groups -OCH3 is 1. The molecule has 114 valence electrons. The molecule has 1 fully saturated rings. The largest absolute Gasteiger partial charge is 0.465 e. The standard InChI is InChI=1S/C15H20N2O3S/c1-20-15(19)12-10-5-2-6-11(10)21-14(12)17-13(18)9-4-3-7-16-8-9/h9,16H,2-8H2,1H3,(H,17,18). The molecule has 1 aliphatic heterocycles. The molecule has 1 atom stereocenters. The summed E-state index contributed by atoms with van der Waals surface area (Å²) in [5, 5.41) is 6.87. The maximum absolute atomic E-state index is 12.4. The fourth-order valence-corrected chi connectivity index (χ4v) is 4.38. The summed E-state index contributed by atoms with van der Waals surface area (Å²) in [6.45, 7) is 1.69. The lowest BCUT2D eigenvalue weighted by Crippen LogP contribution is -2.37. The van der Waals surface area contributed by atoms with Crippen molar-refractivity contribution in [3.05, 3.63) is 16.0 Å². The molecule has 3 rings (SSSR count). The van der Waals surface area contributed by atoms with Crippen LogP contribution in [0.15, 0.2) is 0 Å². The van der Waals surface area contributed by atoms with Crippen molar-refractivity contribution in [1.82, 2.24) is 5.32 Å². The van der Waals surface area contributed by atoms with Crippen LogP contribution in [0, 0.1) is 5.92 Å². The van der Waals surface area contributed by atoms with E-state index < -0.39 is 0 Å². The Morgan fingerprint density at radius 3 is 2.90 bits per heavy atom. The fourth-order valence-electron chi connectivity index (χ4n) is 3.10. The number of hydrogen-bond acceptors (Lipinski definition) is 5. The first-order valence-electron chi connectivity index (χ1n) is 7.45. The maximum atomic E-state index is 12.4. The van der Waals surface area contributed by atoms with Gasteiger partial charge in [-0.05, 0) is 44.2 Å². The van der Waals surface area contributed by atoms with E-state index in [1.807, 2.05) is 0 Å². The first-order valence-corrected chi connectivity index (χ1v) is 8.26. The van der Waals surface area contributed by atoms with Crippen LogP contribution in [0.5, 0.6) is 0 Å². The number of esters is 1. The van der Waals surface area contributed by atoms with Crippen LogP contribution in [0.25, 0.3) is 0 Å². The lowest BCUT2D eigenvalue weighted by Gasteiger charge is -2.21. The summed E-state index contributed by atoms with van der Waals surface area (Å²) in [5.41, 5.74) is 1.65. The van der Waals surface area contributed by atoms with Crippen molar-refractivity contribution in [3.8, 4) is 0 Å². The van der Waals surface area contributed by atoms with Gasteiger partial charge >= 0.3 is 5.97 Å². The molecule has 1 amide bonds. The average Bonchev–Trinajstić information content (AvgIpc) is 3.07. The number of rotatable bonds is 3. The second-order valence-corrected chi connectivity index (χ2v) is 6.69. The van der Waals surface area contributed by atoms with Crippen LogP contribution < -0.4 is 10.6 Å². The summed E-state index contributed by atoms with van der Waals surface area (Å²) in [6, 6.07) is 0. The lowest BCUT2D eigenvalue weighted by atomic mass is 9.99. The number of piperidine rings is 1. The molecule has 0 saturated carbocycles. The number of amides is 1. The molecule has 1 aromatic rings. The topological polar surface area (TPSA) is 67.4 Å². The molecule has 2 aliphatic rings. The maximum Gasteiger partial charge on any atom is 0.341 e. The number of nitrogens with one attached hydrogen (secondary N) is 2. The second kappa shape index (κ2) is 6.15. The first kappa shape index (κ1) is 14.5. The molecule has 6 heteroatoms. The van der Waals surface area contributed by atoms with Crippen molar-refractivity contribution < 1.29 is 14.3 Å². The number of ether oxygens (including phenoxy) is 1. The minimum Gasteiger partial charge on any atom is -0.465 e. The molecule has 2 N–H and O–H groups in total. The van der Waals surface area contributed by atoms with Crippen molar-refractivity contribution in [1.29, 1.82) is 0 Å². The minimum absolute atomic E-state index is 0.00674. The van der Waals surface area contributed by atoms with Gasteiger partial charge in [-0.2, -0.15) is 0 Å². The molecule has 5 nitrogen and oxygen atoms in total. The molecule has 0 aromatic carbocycles. The number of anilines is 1. The molecule has 21 heavy (non-hydrogen) atoms. The van der Waals surface area contributed by atoms with Gasteiger partial charge in [-0.3, -0.25) is 4.79 Å². The SMILES string of the molecule is COC(=O)c1c(NC(=O)C2CCCNC2)sc2c1CCC2. The van der Waals surface area contributed by atoms with Crippen molar-refractivity contribution in [2.24, 2.45) is 5.92 Å². The van der Waals surface area contributed by atoms with Crippen LogP contribution in [-0.4, -0.2) is 32.1 Å². The monoisotopic (exact) mass is 308 g/mol. The van der Waals surface area contributed by atoms with E-state index in [9.17, 15) is 9.59 Å². The van der Waals surface area contributed by atoms with Gasteiger partial charge in [-0.15, -0.1) is 11.3 Å². The van der Waals surface area contributed by atoms with Crippen molar-refractivity contribution >= 4 is 28.2 Å². The van der Waals surface area contributed by atoms with Crippen LogP contribution in [0.4, 0.5) is 5.00 Å². The van der Waals surface area contributed by atoms with E-state index in [4.69, 9.17) is 4.74 Å². The summed E-state index contributed by atoms with van der Waals surface area (Å²) in [5.74, 6) is -0.347. The summed E-state index contributed by atoms with van der Waals surface area (Å²) in [7, 11) is 1.39. The van der Waals surface area contributed by atoms with Crippen molar-refractivity contribution in [3.63, 3.8) is 0 Å². The van der Waals surface area contributed by atoms with Gasteiger partial charge in [0.25, 0.3) is 0 Å². The number of carbonyl (C=O) groups is 2. The van der Waals surface area contributed by atoms with Crippen LogP contribution in [0.1, 0.15) is 40.1 Å². The van der Waals surface area contributed by atoms with Crippen molar-refractivity contribution in [2.45, 2.75) is 32.1 Å². The van der Waals surface area contributed by atoms with Gasteiger partial charge in [0, 0.05) is 11.4 Å². The zero-order chi connectivity index (χ0) is 14.8. The Labute approximate surface area is 128 Å². The number of thiophene rings is 1. The zero-order valence-electron chi connectivity index (χ0n) is 12.2. The summed E-state index contributed by atoms with van der Waals surface area (Å²) in [4.78, 5) is 25.6. The summed E-state index contributed by atoms with van der Waals surface area (Å²) < 4.78 is 4.89. The predicted octanol–water partition coefficient (Wildman–Crippen LogP) is 1.96. The quantitative estimate of drug-likeness (QED) is 0.838. The van der Waals surface area contributed by atoms with Crippen molar-refractivity contribution in [2.75, 3.05) is 25.5 Å². The van der Waals surface area contributed by atoms with Gasteiger partial charge in [0.15, 0.2) is 0 Å². The molecular weight excluding hydrogens is 288 g/mol. The highest BCUT2D eigenvalue weighted by Gasteiger charge is 2.29. The summed E-state index contributed by atoms with van der Waals surface area (Å²) >= 11 is 1.53. The normalized spacial score (nSPS) is 20.9. The Hall–Kier alpha value is -1.40. The zero-order valence-corrected chi connectivity index (χ0v) is 13.0. The molecular formula is C15H20N2O3S. The number of fused-ring (bicyclic) bond motifs is 1. The van der Waals surface area contributed by atoms with Gasteiger partial charge < -0.3 is 15.4 Å². The molecule has 1 aromatic heterocycles. The van der Waals surface area contributed by atoms with E-state index in [1.165, 1.54) is 23.3 Å². The van der Waals surface area contributed by atoms with Gasteiger partial charge in [0.1, 0.15) is 5.00 Å². The van der Waals surface area contributed by atoms with Crippen LogP contribution in [-0.2, 0) is 22.4 Å². The number of aryl methyl sites for hydroxylation is 1. The van der Waals surface area contributed by atoms with Gasteiger partial charge in [0.05, 0.1) is 18.6 Å². The number of hydrogen-bond donors (Lipinski definition) is 2. The van der Waals surface area contributed by atoms with Gasteiger partial charge in [-0.25, -0.2) is 4.79 Å².